The second kappa shape index (κ2) is 6.68. The van der Waals surface area contributed by atoms with Gasteiger partial charge in [0.2, 0.25) is 0 Å². The summed E-state index contributed by atoms with van der Waals surface area (Å²) in [5.74, 6) is 0. The average Bonchev–Trinajstić information content (AvgIpc) is 3.03. The van der Waals surface area contributed by atoms with Crippen molar-refractivity contribution in [3.8, 4) is 0 Å². The third kappa shape index (κ3) is 3.80. The number of piperazine rings is 1. The molecule has 0 spiro atoms. The van der Waals surface area contributed by atoms with Crippen molar-refractivity contribution in [1.82, 2.24) is 4.90 Å². The highest BCUT2D eigenvalue weighted by atomic mass is 35.5. The van der Waals surface area contributed by atoms with Gasteiger partial charge < -0.3 is 9.80 Å². The summed E-state index contributed by atoms with van der Waals surface area (Å²) in [4.78, 5) is 4.44. The lowest BCUT2D eigenvalue weighted by Gasteiger charge is -2.35. The molecule has 0 radical (unpaired) electrons. The maximum Gasteiger partial charge on any atom is 0.271 e. The van der Waals surface area contributed by atoms with Crippen LogP contribution in [-0.2, 0) is 10.0 Å². The fourth-order valence-corrected chi connectivity index (χ4v) is 4.75. The minimum Gasteiger partial charge on any atom is -0.367 e. The van der Waals surface area contributed by atoms with Crippen LogP contribution in [0.15, 0.2) is 39.9 Å². The summed E-state index contributed by atoms with van der Waals surface area (Å²) >= 11 is 7.27. The summed E-state index contributed by atoms with van der Waals surface area (Å²) in [7, 11) is -1.50. The van der Waals surface area contributed by atoms with Crippen molar-refractivity contribution < 1.29 is 8.42 Å². The molecule has 1 aromatic carbocycles. The normalized spacial score (nSPS) is 16.5. The van der Waals surface area contributed by atoms with Crippen LogP contribution in [-0.4, -0.2) is 46.5 Å². The van der Waals surface area contributed by atoms with E-state index >= 15 is 0 Å². The minimum absolute atomic E-state index is 0.293. The lowest BCUT2D eigenvalue weighted by atomic mass is 10.2. The zero-order valence-corrected chi connectivity index (χ0v) is 15.1. The van der Waals surface area contributed by atoms with E-state index in [1.165, 1.54) is 11.3 Å². The van der Waals surface area contributed by atoms with E-state index in [9.17, 15) is 8.42 Å². The third-order valence-electron chi connectivity index (χ3n) is 3.81. The molecule has 0 atom stereocenters. The first-order chi connectivity index (χ1) is 11.0. The van der Waals surface area contributed by atoms with E-state index in [1.807, 2.05) is 6.07 Å². The van der Waals surface area contributed by atoms with Crippen molar-refractivity contribution in [3.05, 3.63) is 40.7 Å². The molecule has 0 amide bonds. The maximum atomic E-state index is 12.5. The SMILES string of the molecule is CN1CCN(c2ccc(Cl)cc2NS(=O)(=O)c2cccs2)CC1. The molecule has 1 saturated heterocycles. The van der Waals surface area contributed by atoms with Gasteiger partial charge in [0.05, 0.1) is 11.4 Å². The molecule has 8 heteroatoms. The summed E-state index contributed by atoms with van der Waals surface area (Å²) in [5.41, 5.74) is 1.39. The molecule has 1 aliphatic rings. The Kier molecular flexibility index (Phi) is 4.82. The van der Waals surface area contributed by atoms with Gasteiger partial charge in [0.1, 0.15) is 4.21 Å². The Morgan fingerprint density at radius 3 is 2.57 bits per heavy atom. The van der Waals surface area contributed by atoms with Crippen LogP contribution in [0.4, 0.5) is 11.4 Å². The molecule has 23 heavy (non-hydrogen) atoms. The largest absolute Gasteiger partial charge is 0.367 e. The number of hydrogen-bond donors (Lipinski definition) is 1. The molecular formula is C15H18ClN3O2S2. The van der Waals surface area contributed by atoms with Crippen LogP contribution in [0, 0.1) is 0 Å². The second-order valence-electron chi connectivity index (χ2n) is 5.49. The first kappa shape index (κ1) is 16.6. The molecule has 0 aliphatic carbocycles. The minimum atomic E-state index is -3.59. The number of sulfonamides is 1. The fraction of sp³-hybridized carbons (Fsp3) is 0.333. The summed E-state index contributed by atoms with van der Waals surface area (Å²) < 4.78 is 28.0. The van der Waals surface area contributed by atoms with Gasteiger partial charge in [-0.15, -0.1) is 11.3 Å². The van der Waals surface area contributed by atoms with Crippen LogP contribution in [0.1, 0.15) is 0 Å². The van der Waals surface area contributed by atoms with Gasteiger partial charge in [-0.05, 0) is 36.7 Å². The number of nitrogens with zero attached hydrogens (tertiary/aromatic N) is 2. The van der Waals surface area contributed by atoms with Gasteiger partial charge >= 0.3 is 0 Å². The molecule has 2 aromatic rings. The zero-order valence-electron chi connectivity index (χ0n) is 12.7. The van der Waals surface area contributed by atoms with Gasteiger partial charge in [-0.2, -0.15) is 0 Å². The maximum absolute atomic E-state index is 12.5. The Balaban J connectivity index is 1.91. The Morgan fingerprint density at radius 1 is 1.17 bits per heavy atom. The van der Waals surface area contributed by atoms with Crippen molar-refractivity contribution in [3.63, 3.8) is 0 Å². The molecule has 0 saturated carbocycles. The Morgan fingerprint density at radius 2 is 1.91 bits per heavy atom. The molecule has 1 aliphatic heterocycles. The number of nitrogens with one attached hydrogen (secondary N) is 1. The molecule has 124 valence electrons. The van der Waals surface area contributed by atoms with E-state index in [-0.39, 0.29) is 0 Å². The molecule has 2 heterocycles. The van der Waals surface area contributed by atoms with E-state index in [0.29, 0.717) is 14.9 Å². The summed E-state index contributed by atoms with van der Waals surface area (Å²) in [6.07, 6.45) is 0. The number of likely N-dealkylation sites (N-methyl/N-ethyl adjacent to an activating group) is 1. The Hall–Kier alpha value is -1.28. The Labute approximate surface area is 145 Å². The average molecular weight is 372 g/mol. The second-order valence-corrected chi connectivity index (χ2v) is 8.78. The van der Waals surface area contributed by atoms with Gasteiger partial charge in [-0.3, -0.25) is 4.72 Å². The van der Waals surface area contributed by atoms with Crippen molar-refractivity contribution in [2.24, 2.45) is 0 Å². The van der Waals surface area contributed by atoms with E-state index in [0.717, 1.165) is 31.9 Å². The van der Waals surface area contributed by atoms with Crippen LogP contribution in [0.25, 0.3) is 0 Å². The van der Waals surface area contributed by atoms with Gasteiger partial charge in [-0.1, -0.05) is 17.7 Å². The Bertz CT molecular complexity index is 770. The zero-order chi connectivity index (χ0) is 16.4. The molecule has 5 nitrogen and oxygen atoms in total. The predicted octanol–water partition coefficient (Wildman–Crippen LogP) is 2.95. The van der Waals surface area contributed by atoms with Gasteiger partial charge in [0.15, 0.2) is 0 Å². The van der Waals surface area contributed by atoms with Crippen LogP contribution in [0.5, 0.6) is 0 Å². The topological polar surface area (TPSA) is 52.6 Å². The number of hydrogen-bond acceptors (Lipinski definition) is 5. The van der Waals surface area contributed by atoms with E-state index in [2.05, 4.69) is 21.6 Å². The summed E-state index contributed by atoms with van der Waals surface area (Å²) in [5, 5.41) is 2.25. The molecule has 1 aromatic heterocycles. The quantitative estimate of drug-likeness (QED) is 0.897. The van der Waals surface area contributed by atoms with Crippen molar-refractivity contribution in [1.29, 1.82) is 0 Å². The molecule has 0 bridgehead atoms. The third-order valence-corrected chi connectivity index (χ3v) is 6.80. The highest BCUT2D eigenvalue weighted by Gasteiger charge is 2.21. The van der Waals surface area contributed by atoms with Crippen molar-refractivity contribution in [2.75, 3.05) is 42.8 Å². The monoisotopic (exact) mass is 371 g/mol. The molecular weight excluding hydrogens is 354 g/mol. The lowest BCUT2D eigenvalue weighted by Crippen LogP contribution is -2.44. The van der Waals surface area contributed by atoms with Gasteiger partial charge in [0, 0.05) is 31.2 Å². The van der Waals surface area contributed by atoms with Crippen molar-refractivity contribution >= 4 is 44.3 Å². The van der Waals surface area contributed by atoms with E-state index in [1.54, 1.807) is 29.6 Å². The molecule has 0 unspecified atom stereocenters. The van der Waals surface area contributed by atoms with Crippen LogP contribution in [0.3, 0.4) is 0 Å². The molecule has 1 N–H and O–H groups in total. The smallest absolute Gasteiger partial charge is 0.271 e. The molecule has 1 fully saturated rings. The highest BCUT2D eigenvalue weighted by molar-refractivity contribution is 7.94. The van der Waals surface area contributed by atoms with Gasteiger partial charge in [-0.25, -0.2) is 8.42 Å². The first-order valence-electron chi connectivity index (χ1n) is 7.25. The number of benzene rings is 1. The van der Waals surface area contributed by atoms with E-state index in [4.69, 9.17) is 11.6 Å². The molecule has 3 rings (SSSR count). The summed E-state index contributed by atoms with van der Waals surface area (Å²) in [6, 6.07) is 8.64. The highest BCUT2D eigenvalue weighted by Crippen LogP contribution is 2.32. The number of thiophene rings is 1. The first-order valence-corrected chi connectivity index (χ1v) is 9.99. The summed E-state index contributed by atoms with van der Waals surface area (Å²) in [6.45, 7) is 3.59. The number of halogens is 1. The standard InChI is InChI=1S/C15H18ClN3O2S2/c1-18-6-8-19(9-7-18)14-5-4-12(16)11-13(14)17-23(20,21)15-3-2-10-22-15/h2-5,10-11,17H,6-9H2,1H3. The van der Waals surface area contributed by atoms with Gasteiger partial charge in [0.25, 0.3) is 10.0 Å². The number of anilines is 2. The fourth-order valence-electron chi connectivity index (χ4n) is 2.52. The van der Waals surface area contributed by atoms with Crippen LogP contribution < -0.4 is 9.62 Å². The van der Waals surface area contributed by atoms with Crippen LogP contribution in [0.2, 0.25) is 5.02 Å². The predicted molar refractivity (Wildman–Crippen MR) is 96.3 cm³/mol. The number of rotatable bonds is 4. The van der Waals surface area contributed by atoms with E-state index < -0.39 is 10.0 Å². The lowest BCUT2D eigenvalue weighted by molar-refractivity contribution is 0.313. The van der Waals surface area contributed by atoms with Crippen molar-refractivity contribution in [2.45, 2.75) is 4.21 Å². The van der Waals surface area contributed by atoms with Crippen LogP contribution >= 0.6 is 22.9 Å².